The zero-order valence-corrected chi connectivity index (χ0v) is 11.9. The Balaban J connectivity index is 1.74. The second-order valence-corrected chi connectivity index (χ2v) is 5.39. The number of rotatable bonds is 3. The zero-order valence-electron chi connectivity index (χ0n) is 11.1. The van der Waals surface area contributed by atoms with Gasteiger partial charge < -0.3 is 14.8 Å². The highest BCUT2D eigenvalue weighted by atomic mass is 32.1. The Bertz CT molecular complexity index is 610. The maximum atomic E-state index is 12.0. The number of benzene rings is 1. The topological polar surface area (TPSA) is 47.6 Å². The fourth-order valence-corrected chi connectivity index (χ4v) is 2.72. The lowest BCUT2D eigenvalue weighted by atomic mass is 10.1. The van der Waals surface area contributed by atoms with Crippen LogP contribution in [0.15, 0.2) is 35.0 Å². The minimum Gasteiger partial charge on any atom is -0.486 e. The quantitative estimate of drug-likeness (QED) is 0.945. The van der Waals surface area contributed by atoms with E-state index >= 15 is 0 Å². The molecular weight excluding hydrogens is 274 g/mol. The molecule has 0 radical (unpaired) electrons. The van der Waals surface area contributed by atoms with Crippen LogP contribution in [0.1, 0.15) is 28.9 Å². The summed E-state index contributed by atoms with van der Waals surface area (Å²) in [5.41, 5.74) is 1.69. The van der Waals surface area contributed by atoms with E-state index in [4.69, 9.17) is 9.47 Å². The molecule has 5 heteroatoms. The molecule has 0 saturated carbocycles. The molecule has 0 bridgehead atoms. The predicted molar refractivity (Wildman–Crippen MR) is 77.6 cm³/mol. The van der Waals surface area contributed by atoms with Crippen LogP contribution >= 0.6 is 11.3 Å². The first kappa shape index (κ1) is 13.0. The summed E-state index contributed by atoms with van der Waals surface area (Å²) < 4.78 is 11.0. The molecule has 1 atom stereocenters. The monoisotopic (exact) mass is 289 g/mol. The van der Waals surface area contributed by atoms with Crippen molar-refractivity contribution in [2.24, 2.45) is 0 Å². The highest BCUT2D eigenvalue weighted by Crippen LogP contribution is 2.32. The molecule has 0 saturated heterocycles. The molecule has 2 heterocycles. The van der Waals surface area contributed by atoms with Gasteiger partial charge in [-0.15, -0.1) is 0 Å². The van der Waals surface area contributed by atoms with Gasteiger partial charge in [-0.05, 0) is 36.1 Å². The summed E-state index contributed by atoms with van der Waals surface area (Å²) in [6, 6.07) is 7.49. The van der Waals surface area contributed by atoms with Gasteiger partial charge in [0.25, 0.3) is 5.91 Å². The van der Waals surface area contributed by atoms with Crippen molar-refractivity contribution in [3.63, 3.8) is 0 Å². The van der Waals surface area contributed by atoms with Crippen LogP contribution in [0.3, 0.4) is 0 Å². The minimum absolute atomic E-state index is 0.0614. The molecule has 1 aromatic heterocycles. The Hall–Kier alpha value is -2.01. The molecule has 1 aliphatic rings. The molecule has 1 aromatic carbocycles. The molecular formula is C15H15NO3S. The molecule has 4 nitrogen and oxygen atoms in total. The predicted octanol–water partition coefficient (Wildman–Crippen LogP) is 3.01. The smallest absolute Gasteiger partial charge is 0.252 e. The minimum atomic E-state index is -0.0850. The maximum absolute atomic E-state index is 12.0. The van der Waals surface area contributed by atoms with E-state index in [1.165, 1.54) is 11.3 Å². The maximum Gasteiger partial charge on any atom is 0.252 e. The van der Waals surface area contributed by atoms with E-state index in [2.05, 4.69) is 5.32 Å². The van der Waals surface area contributed by atoms with Gasteiger partial charge in [0.15, 0.2) is 11.5 Å². The summed E-state index contributed by atoms with van der Waals surface area (Å²) in [5, 5.41) is 6.71. The van der Waals surface area contributed by atoms with Crippen molar-refractivity contribution in [1.82, 2.24) is 5.32 Å². The van der Waals surface area contributed by atoms with Crippen molar-refractivity contribution in [3.8, 4) is 11.5 Å². The number of carbonyl (C=O) groups excluding carboxylic acids is 1. The highest BCUT2D eigenvalue weighted by molar-refractivity contribution is 7.08. The second kappa shape index (κ2) is 5.54. The van der Waals surface area contributed by atoms with Crippen LogP contribution < -0.4 is 14.8 Å². The van der Waals surface area contributed by atoms with Crippen molar-refractivity contribution in [2.45, 2.75) is 13.0 Å². The molecule has 0 fully saturated rings. The summed E-state index contributed by atoms with van der Waals surface area (Å²) >= 11 is 1.51. The summed E-state index contributed by atoms with van der Waals surface area (Å²) in [6.45, 7) is 3.10. The van der Waals surface area contributed by atoms with Crippen LogP contribution in [-0.2, 0) is 0 Å². The van der Waals surface area contributed by atoms with Gasteiger partial charge in [-0.3, -0.25) is 4.79 Å². The summed E-state index contributed by atoms with van der Waals surface area (Å²) in [7, 11) is 0. The number of thiophene rings is 1. The Morgan fingerprint density at radius 3 is 2.80 bits per heavy atom. The lowest BCUT2D eigenvalue weighted by Gasteiger charge is -2.21. The Labute approximate surface area is 121 Å². The van der Waals surface area contributed by atoms with Crippen LogP contribution in [0.5, 0.6) is 11.5 Å². The number of hydrogen-bond acceptors (Lipinski definition) is 4. The van der Waals surface area contributed by atoms with Crippen LogP contribution in [-0.4, -0.2) is 19.1 Å². The molecule has 104 valence electrons. The third-order valence-corrected chi connectivity index (χ3v) is 3.88. The largest absolute Gasteiger partial charge is 0.486 e. The molecule has 1 amide bonds. The van der Waals surface area contributed by atoms with E-state index in [1.807, 2.05) is 41.9 Å². The van der Waals surface area contributed by atoms with Gasteiger partial charge in [-0.1, -0.05) is 6.07 Å². The van der Waals surface area contributed by atoms with Crippen LogP contribution in [0.25, 0.3) is 0 Å². The van der Waals surface area contributed by atoms with Gasteiger partial charge >= 0.3 is 0 Å². The van der Waals surface area contributed by atoms with Crippen molar-refractivity contribution in [1.29, 1.82) is 0 Å². The van der Waals surface area contributed by atoms with Crippen molar-refractivity contribution < 1.29 is 14.3 Å². The van der Waals surface area contributed by atoms with Gasteiger partial charge in [0.1, 0.15) is 13.2 Å². The number of carbonyl (C=O) groups is 1. The van der Waals surface area contributed by atoms with Gasteiger partial charge in [0.2, 0.25) is 0 Å². The van der Waals surface area contributed by atoms with E-state index in [1.54, 1.807) is 0 Å². The molecule has 0 spiro atoms. The molecule has 2 aromatic rings. The van der Waals surface area contributed by atoms with Gasteiger partial charge in [-0.25, -0.2) is 0 Å². The zero-order chi connectivity index (χ0) is 13.9. The number of ether oxygens (including phenoxy) is 2. The van der Waals surface area contributed by atoms with Crippen LogP contribution in [0, 0.1) is 0 Å². The second-order valence-electron chi connectivity index (χ2n) is 4.61. The molecule has 3 rings (SSSR count). The first-order chi connectivity index (χ1) is 9.74. The summed E-state index contributed by atoms with van der Waals surface area (Å²) in [5.74, 6) is 1.44. The van der Waals surface area contributed by atoms with E-state index in [9.17, 15) is 4.79 Å². The Kier molecular flexibility index (Phi) is 3.60. The average Bonchev–Trinajstić information content (AvgIpc) is 3.01. The average molecular weight is 289 g/mol. The van der Waals surface area contributed by atoms with Crippen molar-refractivity contribution in [2.75, 3.05) is 13.2 Å². The number of amides is 1. The number of fused-ring (bicyclic) bond motifs is 1. The highest BCUT2D eigenvalue weighted by Gasteiger charge is 2.16. The molecule has 0 aliphatic carbocycles. The summed E-state index contributed by atoms with van der Waals surface area (Å²) in [4.78, 5) is 12.0. The molecule has 20 heavy (non-hydrogen) atoms. The first-order valence-electron chi connectivity index (χ1n) is 6.46. The van der Waals surface area contributed by atoms with Crippen molar-refractivity contribution in [3.05, 3.63) is 46.2 Å². The fourth-order valence-electron chi connectivity index (χ4n) is 2.09. The number of nitrogens with one attached hydrogen (secondary N) is 1. The SMILES string of the molecule is C[C@H](NC(=O)c1ccsc1)c1ccc2c(c1)OCCO2. The molecule has 1 N–H and O–H groups in total. The van der Waals surface area contributed by atoms with E-state index in [0.717, 1.165) is 17.1 Å². The molecule has 0 unspecified atom stereocenters. The van der Waals surface area contributed by atoms with Crippen LogP contribution in [0.4, 0.5) is 0 Å². The van der Waals surface area contributed by atoms with Gasteiger partial charge in [0.05, 0.1) is 11.6 Å². The van der Waals surface area contributed by atoms with Gasteiger partial charge in [-0.2, -0.15) is 11.3 Å². The van der Waals surface area contributed by atoms with Crippen molar-refractivity contribution >= 4 is 17.2 Å². The van der Waals surface area contributed by atoms with Crippen LogP contribution in [0.2, 0.25) is 0 Å². The Morgan fingerprint density at radius 2 is 2.05 bits per heavy atom. The number of hydrogen-bond donors (Lipinski definition) is 1. The lowest BCUT2D eigenvalue weighted by molar-refractivity contribution is 0.0940. The lowest BCUT2D eigenvalue weighted by Crippen LogP contribution is -2.26. The fraction of sp³-hybridized carbons (Fsp3) is 0.267. The third-order valence-electron chi connectivity index (χ3n) is 3.20. The standard InChI is InChI=1S/C15H15NO3S/c1-10(16-15(17)12-4-7-20-9-12)11-2-3-13-14(8-11)19-6-5-18-13/h2-4,7-10H,5-6H2,1H3,(H,16,17)/t10-/m0/s1. The van der Waals surface area contributed by atoms with E-state index < -0.39 is 0 Å². The van der Waals surface area contributed by atoms with E-state index in [0.29, 0.717) is 18.8 Å². The van der Waals surface area contributed by atoms with Gasteiger partial charge in [0, 0.05) is 5.38 Å². The summed E-state index contributed by atoms with van der Waals surface area (Å²) in [6.07, 6.45) is 0. The third kappa shape index (κ3) is 2.63. The Morgan fingerprint density at radius 1 is 1.25 bits per heavy atom. The first-order valence-corrected chi connectivity index (χ1v) is 7.41. The normalized spacial score (nSPS) is 14.7. The molecule has 1 aliphatic heterocycles. The van der Waals surface area contributed by atoms with E-state index in [-0.39, 0.29) is 11.9 Å².